The van der Waals surface area contributed by atoms with Crippen molar-refractivity contribution >= 4 is 23.6 Å². The molecule has 1 heterocycles. The molecule has 3 aromatic rings. The zero-order valence-electron chi connectivity index (χ0n) is 17.1. The van der Waals surface area contributed by atoms with Crippen LogP contribution in [0.15, 0.2) is 77.0 Å². The molecule has 0 spiro atoms. The third kappa shape index (κ3) is 5.85. The van der Waals surface area contributed by atoms with Crippen LogP contribution in [-0.4, -0.2) is 17.9 Å². The topological polar surface area (TPSA) is 80.6 Å². The van der Waals surface area contributed by atoms with Gasteiger partial charge in [-0.1, -0.05) is 17.7 Å². The number of anilines is 1. The van der Waals surface area contributed by atoms with Gasteiger partial charge in [0.15, 0.2) is 0 Å². The predicted molar refractivity (Wildman–Crippen MR) is 116 cm³/mol. The standard InChI is InChI=1S/C24H24N2O4/c1-16(2)30-20-11-9-19(10-12-20)25-24(28)22(15-21-8-5-13-29-21)26-23(27)18-7-4-6-17(3)14-18/h4-16H,1-3H3,(H,25,28)(H,26,27)/b22-15-. The summed E-state index contributed by atoms with van der Waals surface area (Å²) < 4.78 is 10.9. The van der Waals surface area contributed by atoms with E-state index in [1.165, 1.54) is 12.3 Å². The number of hydrogen-bond acceptors (Lipinski definition) is 4. The van der Waals surface area contributed by atoms with E-state index in [1.807, 2.05) is 26.8 Å². The van der Waals surface area contributed by atoms with Crippen LogP contribution in [-0.2, 0) is 4.79 Å². The van der Waals surface area contributed by atoms with Crippen molar-refractivity contribution in [3.63, 3.8) is 0 Å². The highest BCUT2D eigenvalue weighted by Gasteiger charge is 2.16. The molecular weight excluding hydrogens is 380 g/mol. The van der Waals surface area contributed by atoms with Gasteiger partial charge in [0.25, 0.3) is 11.8 Å². The van der Waals surface area contributed by atoms with Crippen LogP contribution in [0.2, 0.25) is 0 Å². The van der Waals surface area contributed by atoms with Gasteiger partial charge in [-0.3, -0.25) is 9.59 Å². The molecule has 0 saturated heterocycles. The number of amides is 2. The Kier molecular flexibility index (Phi) is 6.70. The molecule has 6 heteroatoms. The number of carbonyl (C=O) groups is 2. The summed E-state index contributed by atoms with van der Waals surface area (Å²) in [5, 5.41) is 5.47. The predicted octanol–water partition coefficient (Wildman–Crippen LogP) is 4.78. The molecule has 0 bridgehead atoms. The molecule has 154 valence electrons. The molecular formula is C24H24N2O4. The number of carbonyl (C=O) groups excluding carboxylic acids is 2. The molecule has 0 fully saturated rings. The first-order chi connectivity index (χ1) is 14.4. The summed E-state index contributed by atoms with van der Waals surface area (Å²) in [5.74, 6) is 0.310. The molecule has 30 heavy (non-hydrogen) atoms. The highest BCUT2D eigenvalue weighted by Crippen LogP contribution is 2.18. The Balaban J connectivity index is 1.78. The van der Waals surface area contributed by atoms with Crippen molar-refractivity contribution in [3.05, 3.63) is 89.5 Å². The van der Waals surface area contributed by atoms with Gasteiger partial charge in [0.2, 0.25) is 0 Å². The first kappa shape index (κ1) is 20.9. The lowest BCUT2D eigenvalue weighted by Crippen LogP contribution is -2.30. The highest BCUT2D eigenvalue weighted by atomic mass is 16.5. The molecule has 0 unspecified atom stereocenters. The van der Waals surface area contributed by atoms with Gasteiger partial charge >= 0.3 is 0 Å². The zero-order chi connectivity index (χ0) is 21.5. The normalized spacial score (nSPS) is 11.3. The maximum atomic E-state index is 12.9. The molecule has 2 aromatic carbocycles. The first-order valence-electron chi connectivity index (χ1n) is 9.62. The summed E-state index contributed by atoms with van der Waals surface area (Å²) in [7, 11) is 0. The fourth-order valence-corrected chi connectivity index (χ4v) is 2.74. The number of benzene rings is 2. The molecule has 2 amide bonds. The third-order valence-corrected chi connectivity index (χ3v) is 4.09. The van der Waals surface area contributed by atoms with Crippen molar-refractivity contribution in [2.75, 3.05) is 5.32 Å². The van der Waals surface area contributed by atoms with E-state index < -0.39 is 5.91 Å². The van der Waals surface area contributed by atoms with Crippen molar-refractivity contribution in [1.82, 2.24) is 5.32 Å². The Morgan fingerprint density at radius 1 is 1.03 bits per heavy atom. The maximum absolute atomic E-state index is 12.9. The molecule has 3 rings (SSSR count). The van der Waals surface area contributed by atoms with Crippen molar-refractivity contribution in [2.45, 2.75) is 26.9 Å². The molecule has 1 aromatic heterocycles. The van der Waals surface area contributed by atoms with Crippen LogP contribution in [0.4, 0.5) is 5.69 Å². The zero-order valence-corrected chi connectivity index (χ0v) is 17.1. The fourth-order valence-electron chi connectivity index (χ4n) is 2.74. The van der Waals surface area contributed by atoms with Crippen LogP contribution in [0.1, 0.15) is 35.5 Å². The van der Waals surface area contributed by atoms with Crippen molar-refractivity contribution in [2.24, 2.45) is 0 Å². The van der Waals surface area contributed by atoms with E-state index in [1.54, 1.807) is 54.6 Å². The number of hydrogen-bond donors (Lipinski definition) is 2. The molecule has 6 nitrogen and oxygen atoms in total. The van der Waals surface area contributed by atoms with Gasteiger partial charge in [-0.25, -0.2) is 0 Å². The maximum Gasteiger partial charge on any atom is 0.272 e. The molecule has 0 aliphatic rings. The van der Waals surface area contributed by atoms with Gasteiger partial charge in [-0.05, 0) is 69.3 Å². The summed E-state index contributed by atoms with van der Waals surface area (Å²) in [6, 6.07) is 17.6. The lowest BCUT2D eigenvalue weighted by Gasteiger charge is -2.12. The van der Waals surface area contributed by atoms with Crippen molar-refractivity contribution < 1.29 is 18.7 Å². The number of furan rings is 1. The number of ether oxygens (including phenoxy) is 1. The SMILES string of the molecule is Cc1cccc(C(=O)N/C(=C\c2ccco2)C(=O)Nc2ccc(OC(C)C)cc2)c1. The molecule has 2 N–H and O–H groups in total. The second kappa shape index (κ2) is 9.60. The van der Waals surface area contributed by atoms with E-state index in [2.05, 4.69) is 10.6 Å². The summed E-state index contributed by atoms with van der Waals surface area (Å²) in [6.45, 7) is 5.78. The third-order valence-electron chi connectivity index (χ3n) is 4.09. The van der Waals surface area contributed by atoms with Gasteiger partial charge < -0.3 is 19.8 Å². The van der Waals surface area contributed by atoms with E-state index in [0.717, 1.165) is 5.56 Å². The van der Waals surface area contributed by atoms with Crippen LogP contribution in [0, 0.1) is 6.92 Å². The Bertz CT molecular complexity index is 1040. The Labute approximate surface area is 175 Å². The second-order valence-corrected chi connectivity index (χ2v) is 7.04. The molecule has 0 radical (unpaired) electrons. The quantitative estimate of drug-likeness (QED) is 0.555. The summed E-state index contributed by atoms with van der Waals surface area (Å²) in [5.41, 5.74) is 2.06. The number of aryl methyl sites for hydroxylation is 1. The fraction of sp³-hybridized carbons (Fsp3) is 0.167. The monoisotopic (exact) mass is 404 g/mol. The van der Waals surface area contributed by atoms with Crippen molar-refractivity contribution in [3.8, 4) is 5.75 Å². The Morgan fingerprint density at radius 2 is 1.80 bits per heavy atom. The second-order valence-electron chi connectivity index (χ2n) is 7.04. The van der Waals surface area contributed by atoms with Gasteiger partial charge in [0.1, 0.15) is 17.2 Å². The summed E-state index contributed by atoms with van der Waals surface area (Å²) >= 11 is 0. The van der Waals surface area contributed by atoms with Gasteiger partial charge in [-0.2, -0.15) is 0 Å². The van der Waals surface area contributed by atoms with Crippen LogP contribution in [0.25, 0.3) is 6.08 Å². The minimum atomic E-state index is -0.468. The van der Waals surface area contributed by atoms with Crippen LogP contribution in [0.5, 0.6) is 5.75 Å². The lowest BCUT2D eigenvalue weighted by atomic mass is 10.1. The van der Waals surface area contributed by atoms with Crippen LogP contribution in [0.3, 0.4) is 0 Å². The minimum absolute atomic E-state index is 0.0603. The summed E-state index contributed by atoms with van der Waals surface area (Å²) in [4.78, 5) is 25.5. The van der Waals surface area contributed by atoms with E-state index in [-0.39, 0.29) is 17.7 Å². The largest absolute Gasteiger partial charge is 0.491 e. The Morgan fingerprint density at radius 3 is 2.43 bits per heavy atom. The van der Waals surface area contributed by atoms with Crippen molar-refractivity contribution in [1.29, 1.82) is 0 Å². The van der Waals surface area contributed by atoms with Crippen LogP contribution >= 0.6 is 0 Å². The van der Waals surface area contributed by atoms with E-state index in [9.17, 15) is 9.59 Å². The molecule has 0 saturated carbocycles. The van der Waals surface area contributed by atoms with Gasteiger partial charge in [0, 0.05) is 17.3 Å². The summed E-state index contributed by atoms with van der Waals surface area (Å²) in [6.07, 6.45) is 3.04. The minimum Gasteiger partial charge on any atom is -0.491 e. The van der Waals surface area contributed by atoms with E-state index in [4.69, 9.17) is 9.15 Å². The van der Waals surface area contributed by atoms with Gasteiger partial charge in [-0.15, -0.1) is 0 Å². The highest BCUT2D eigenvalue weighted by molar-refractivity contribution is 6.10. The Hall–Kier alpha value is -3.80. The molecule has 0 aliphatic heterocycles. The number of rotatable bonds is 7. The van der Waals surface area contributed by atoms with E-state index >= 15 is 0 Å². The number of nitrogens with one attached hydrogen (secondary N) is 2. The lowest BCUT2D eigenvalue weighted by molar-refractivity contribution is -0.113. The van der Waals surface area contributed by atoms with Gasteiger partial charge in [0.05, 0.1) is 12.4 Å². The molecule has 0 atom stereocenters. The van der Waals surface area contributed by atoms with Crippen LogP contribution < -0.4 is 15.4 Å². The first-order valence-corrected chi connectivity index (χ1v) is 9.62. The van der Waals surface area contributed by atoms with E-state index in [0.29, 0.717) is 22.8 Å². The molecule has 0 aliphatic carbocycles. The smallest absolute Gasteiger partial charge is 0.272 e. The average molecular weight is 404 g/mol. The average Bonchev–Trinajstić information content (AvgIpc) is 3.21.